The molecule has 3 aromatic rings. The van der Waals surface area contributed by atoms with Crippen molar-refractivity contribution in [3.63, 3.8) is 0 Å². The van der Waals surface area contributed by atoms with Gasteiger partial charge in [-0.1, -0.05) is 49.7 Å². The molecule has 0 bridgehead atoms. The molecular weight excluding hydrogens is 504 g/mol. The highest BCUT2D eigenvalue weighted by molar-refractivity contribution is 6.30. The Labute approximate surface area is 227 Å². The third kappa shape index (κ3) is 6.72. The number of fused-ring (bicyclic) bond motifs is 1. The van der Waals surface area contributed by atoms with Crippen LogP contribution in [0.2, 0.25) is 5.02 Å². The Morgan fingerprint density at radius 1 is 0.974 bits per heavy atom. The number of piperidine rings is 1. The molecule has 2 heterocycles. The number of hydrogen-bond acceptors (Lipinski definition) is 4. The fourth-order valence-electron chi connectivity index (χ4n) is 5.31. The number of para-hydroxylation sites is 1. The van der Waals surface area contributed by atoms with Crippen LogP contribution in [-0.4, -0.2) is 45.5 Å². The molecule has 0 saturated carbocycles. The Balaban J connectivity index is 1.43. The van der Waals surface area contributed by atoms with E-state index >= 15 is 0 Å². The van der Waals surface area contributed by atoms with Crippen molar-refractivity contribution < 1.29 is 9.59 Å². The number of rotatable bonds is 9. The summed E-state index contributed by atoms with van der Waals surface area (Å²) in [6.45, 7) is 6.06. The molecule has 38 heavy (non-hydrogen) atoms. The number of aromatic nitrogens is 2. The van der Waals surface area contributed by atoms with Crippen molar-refractivity contribution in [3.8, 4) is 0 Å². The molecule has 4 rings (SSSR count). The first-order chi connectivity index (χ1) is 18.2. The lowest BCUT2D eigenvalue weighted by molar-refractivity contribution is -0.134. The van der Waals surface area contributed by atoms with Gasteiger partial charge in [-0.25, -0.2) is 4.79 Å². The lowest BCUT2D eigenvalue weighted by atomic mass is 9.92. The molecule has 0 aliphatic carbocycles. The van der Waals surface area contributed by atoms with Gasteiger partial charge in [-0.2, -0.15) is 0 Å². The maximum absolute atomic E-state index is 13.4. The fraction of sp³-hybridized carbons (Fsp3) is 0.448. The molecule has 8 nitrogen and oxygen atoms in total. The van der Waals surface area contributed by atoms with E-state index in [1.165, 1.54) is 4.57 Å². The Kier molecular flexibility index (Phi) is 9.05. The van der Waals surface area contributed by atoms with Gasteiger partial charge in [-0.15, -0.1) is 0 Å². The Bertz CT molecular complexity index is 1400. The van der Waals surface area contributed by atoms with E-state index < -0.39 is 11.2 Å². The van der Waals surface area contributed by atoms with Crippen LogP contribution in [0.3, 0.4) is 0 Å². The summed E-state index contributed by atoms with van der Waals surface area (Å²) in [6.07, 6.45) is 2.27. The topological polar surface area (TPSA) is 93.4 Å². The number of carbonyl (C=O) groups is 2. The van der Waals surface area contributed by atoms with Crippen LogP contribution in [0.4, 0.5) is 0 Å². The Morgan fingerprint density at radius 3 is 2.37 bits per heavy atom. The molecule has 2 amide bonds. The second-order valence-corrected chi connectivity index (χ2v) is 10.9. The molecule has 1 aromatic heterocycles. The first-order valence-corrected chi connectivity index (χ1v) is 13.6. The van der Waals surface area contributed by atoms with Crippen LogP contribution in [0, 0.1) is 11.8 Å². The van der Waals surface area contributed by atoms with E-state index in [2.05, 4.69) is 19.2 Å². The molecule has 1 aliphatic rings. The van der Waals surface area contributed by atoms with Crippen LogP contribution in [0.1, 0.15) is 38.7 Å². The number of halogens is 1. The maximum atomic E-state index is 13.4. The molecule has 9 heteroatoms. The predicted octanol–water partition coefficient (Wildman–Crippen LogP) is 3.46. The molecule has 0 spiro atoms. The summed E-state index contributed by atoms with van der Waals surface area (Å²) in [5.74, 6) is 0.544. The number of nitrogens with zero attached hydrogens (tertiary/aromatic N) is 3. The summed E-state index contributed by atoms with van der Waals surface area (Å²) in [7, 11) is 0. The Hall–Kier alpha value is -3.39. The van der Waals surface area contributed by atoms with Gasteiger partial charge in [0.05, 0.1) is 10.9 Å². The van der Waals surface area contributed by atoms with Crippen molar-refractivity contribution >= 4 is 34.3 Å². The second kappa shape index (κ2) is 12.4. The smallest absolute Gasteiger partial charge is 0.331 e. The van der Waals surface area contributed by atoms with Gasteiger partial charge < -0.3 is 10.2 Å². The first kappa shape index (κ1) is 27.6. The minimum Gasteiger partial charge on any atom is -0.356 e. The third-order valence-electron chi connectivity index (χ3n) is 7.08. The van der Waals surface area contributed by atoms with Crippen LogP contribution >= 0.6 is 11.6 Å². The van der Waals surface area contributed by atoms with Gasteiger partial charge in [-0.05, 0) is 60.9 Å². The van der Waals surface area contributed by atoms with Gasteiger partial charge in [0.1, 0.15) is 6.54 Å². The van der Waals surface area contributed by atoms with E-state index in [0.29, 0.717) is 60.2 Å². The fourth-order valence-corrected chi connectivity index (χ4v) is 5.43. The van der Waals surface area contributed by atoms with Gasteiger partial charge in [0.15, 0.2) is 0 Å². The molecule has 2 aromatic carbocycles. The van der Waals surface area contributed by atoms with E-state index in [1.54, 1.807) is 24.3 Å². The number of benzene rings is 2. The van der Waals surface area contributed by atoms with Crippen molar-refractivity contribution in [3.05, 3.63) is 80.0 Å². The molecule has 1 N–H and O–H groups in total. The molecule has 0 unspecified atom stereocenters. The zero-order chi connectivity index (χ0) is 27.2. The van der Waals surface area contributed by atoms with Gasteiger partial charge in [0, 0.05) is 37.6 Å². The number of amides is 2. The van der Waals surface area contributed by atoms with E-state index in [0.717, 1.165) is 16.6 Å². The number of likely N-dealkylation sites (tertiary alicyclic amines) is 1. The van der Waals surface area contributed by atoms with E-state index in [4.69, 9.17) is 11.6 Å². The molecule has 2 atom stereocenters. The minimum absolute atomic E-state index is 0.0963. The average Bonchev–Trinajstić information content (AvgIpc) is 2.89. The SMILES string of the molecule is C[C@H]1C[C@H](C)CN(C(=O)Cn2c(=O)n(CCCC(=O)NCCc3ccc(Cl)cc3)c(=O)c3ccccc32)C1. The molecule has 1 aliphatic heterocycles. The van der Waals surface area contributed by atoms with Crippen LogP contribution in [0.25, 0.3) is 10.9 Å². The van der Waals surface area contributed by atoms with Crippen molar-refractivity contribution in [1.29, 1.82) is 0 Å². The molecule has 0 radical (unpaired) electrons. The van der Waals surface area contributed by atoms with Crippen LogP contribution in [0.15, 0.2) is 58.1 Å². The molecule has 1 fully saturated rings. The average molecular weight is 539 g/mol. The lowest BCUT2D eigenvalue weighted by Crippen LogP contribution is -2.47. The van der Waals surface area contributed by atoms with Gasteiger partial charge in [-0.3, -0.25) is 23.5 Å². The number of carbonyl (C=O) groups excluding carboxylic acids is 2. The lowest BCUT2D eigenvalue weighted by Gasteiger charge is -2.35. The largest absolute Gasteiger partial charge is 0.356 e. The highest BCUT2D eigenvalue weighted by atomic mass is 35.5. The van der Waals surface area contributed by atoms with Crippen molar-refractivity contribution in [1.82, 2.24) is 19.4 Å². The van der Waals surface area contributed by atoms with E-state index in [1.807, 2.05) is 29.2 Å². The first-order valence-electron chi connectivity index (χ1n) is 13.2. The van der Waals surface area contributed by atoms with Crippen molar-refractivity contribution in [2.24, 2.45) is 11.8 Å². The summed E-state index contributed by atoms with van der Waals surface area (Å²) in [4.78, 5) is 53.9. The highest BCUT2D eigenvalue weighted by Crippen LogP contribution is 2.21. The normalized spacial score (nSPS) is 17.5. The third-order valence-corrected chi connectivity index (χ3v) is 7.33. The van der Waals surface area contributed by atoms with E-state index in [-0.39, 0.29) is 31.3 Å². The summed E-state index contributed by atoms with van der Waals surface area (Å²) < 4.78 is 2.55. The quantitative estimate of drug-likeness (QED) is 0.451. The highest BCUT2D eigenvalue weighted by Gasteiger charge is 2.26. The van der Waals surface area contributed by atoms with Gasteiger partial charge in [0.25, 0.3) is 5.56 Å². The number of hydrogen-bond donors (Lipinski definition) is 1. The predicted molar refractivity (Wildman–Crippen MR) is 149 cm³/mol. The maximum Gasteiger partial charge on any atom is 0.331 e. The summed E-state index contributed by atoms with van der Waals surface area (Å²) >= 11 is 5.90. The second-order valence-electron chi connectivity index (χ2n) is 10.4. The minimum atomic E-state index is -0.525. The zero-order valence-electron chi connectivity index (χ0n) is 22.0. The van der Waals surface area contributed by atoms with Crippen LogP contribution in [-0.2, 0) is 29.1 Å². The van der Waals surface area contributed by atoms with E-state index in [9.17, 15) is 19.2 Å². The van der Waals surface area contributed by atoms with Crippen molar-refractivity contribution in [2.45, 2.75) is 52.6 Å². The monoisotopic (exact) mass is 538 g/mol. The van der Waals surface area contributed by atoms with Gasteiger partial charge >= 0.3 is 5.69 Å². The van der Waals surface area contributed by atoms with Gasteiger partial charge in [0.2, 0.25) is 11.8 Å². The Morgan fingerprint density at radius 2 is 1.66 bits per heavy atom. The zero-order valence-corrected chi connectivity index (χ0v) is 22.7. The summed E-state index contributed by atoms with van der Waals surface area (Å²) in [6, 6.07) is 14.3. The standard InChI is InChI=1S/C29H35ClN4O4/c1-20-16-21(2)18-32(17-20)27(36)19-34-25-7-4-3-6-24(25)28(37)33(29(34)38)15-5-8-26(35)31-14-13-22-9-11-23(30)12-10-22/h3-4,6-7,9-12,20-21H,5,8,13-19H2,1-2H3,(H,31,35)/t20-,21-/m0/s1. The molecule has 1 saturated heterocycles. The molecular formula is C29H35ClN4O4. The molecule has 202 valence electrons. The number of nitrogens with one attached hydrogen (secondary N) is 1. The van der Waals surface area contributed by atoms with Crippen LogP contribution < -0.4 is 16.6 Å². The summed E-state index contributed by atoms with van der Waals surface area (Å²) in [5.41, 5.74) is 0.590. The van der Waals surface area contributed by atoms with Crippen molar-refractivity contribution in [2.75, 3.05) is 19.6 Å². The van der Waals surface area contributed by atoms with Crippen LogP contribution in [0.5, 0.6) is 0 Å². The summed E-state index contributed by atoms with van der Waals surface area (Å²) in [5, 5.41) is 3.93.